The monoisotopic (exact) mass is 447 g/mol. The number of nitrogens with zero attached hydrogens (tertiary/aromatic N) is 3. The number of imidazole rings is 1. The van der Waals surface area contributed by atoms with Crippen molar-refractivity contribution in [1.82, 2.24) is 9.55 Å². The van der Waals surface area contributed by atoms with Crippen LogP contribution in [0.25, 0.3) is 11.0 Å². The molecule has 2 heterocycles. The van der Waals surface area contributed by atoms with Gasteiger partial charge in [0.15, 0.2) is 0 Å². The number of rotatable bonds is 7. The largest absolute Gasteiger partial charge is 0.497 e. The summed E-state index contributed by atoms with van der Waals surface area (Å²) in [6.07, 6.45) is 8.41. The molecule has 6 nitrogen and oxygen atoms in total. The molecule has 2 fully saturated rings. The van der Waals surface area contributed by atoms with Gasteiger partial charge in [-0.05, 0) is 36.6 Å². The predicted octanol–water partition coefficient (Wildman–Crippen LogP) is 5.54. The molecule has 1 aliphatic carbocycles. The molecule has 6 heteroatoms. The Morgan fingerprint density at radius 3 is 2.64 bits per heavy atom. The van der Waals surface area contributed by atoms with Crippen LogP contribution in [-0.4, -0.2) is 36.2 Å². The van der Waals surface area contributed by atoms with Gasteiger partial charge in [-0.3, -0.25) is 4.79 Å². The zero-order chi connectivity index (χ0) is 22.8. The number of carbonyl (C=O) groups excluding carboxylic acids is 1. The molecule has 0 bridgehead atoms. The molecule has 33 heavy (non-hydrogen) atoms. The van der Waals surface area contributed by atoms with Gasteiger partial charge in [0, 0.05) is 31.5 Å². The second-order valence-corrected chi connectivity index (χ2v) is 9.35. The van der Waals surface area contributed by atoms with Gasteiger partial charge in [-0.1, -0.05) is 44.2 Å². The van der Waals surface area contributed by atoms with Crippen LogP contribution in [0.4, 0.5) is 5.69 Å². The second kappa shape index (κ2) is 9.46. The summed E-state index contributed by atoms with van der Waals surface area (Å²) in [7, 11) is 3.27. The summed E-state index contributed by atoms with van der Waals surface area (Å²) < 4.78 is 13.3. The van der Waals surface area contributed by atoms with Crippen LogP contribution in [0.5, 0.6) is 11.5 Å². The third-order valence-corrected chi connectivity index (χ3v) is 7.34. The van der Waals surface area contributed by atoms with Gasteiger partial charge >= 0.3 is 0 Å². The van der Waals surface area contributed by atoms with Crippen LogP contribution in [0, 0.1) is 5.92 Å². The number of aromatic nitrogens is 2. The zero-order valence-electron chi connectivity index (χ0n) is 19.6. The third kappa shape index (κ3) is 4.31. The molecule has 0 N–H and O–H groups in total. The highest BCUT2D eigenvalue weighted by Gasteiger charge is 2.36. The molecule has 3 aromatic rings. The van der Waals surface area contributed by atoms with Gasteiger partial charge < -0.3 is 18.9 Å². The molecule has 5 rings (SSSR count). The van der Waals surface area contributed by atoms with Crippen LogP contribution in [0.3, 0.4) is 0 Å². The molecule has 1 aliphatic heterocycles. The lowest BCUT2D eigenvalue weighted by molar-refractivity contribution is -0.117. The zero-order valence-corrected chi connectivity index (χ0v) is 19.6. The quantitative estimate of drug-likeness (QED) is 0.477. The van der Waals surface area contributed by atoms with E-state index >= 15 is 0 Å². The van der Waals surface area contributed by atoms with Crippen LogP contribution in [-0.2, 0) is 11.3 Å². The molecule has 0 spiro atoms. The molecule has 2 aromatic carbocycles. The molecule has 1 atom stereocenters. The first-order valence-corrected chi connectivity index (χ1v) is 12.2. The van der Waals surface area contributed by atoms with Crippen molar-refractivity contribution in [2.45, 2.75) is 57.4 Å². The van der Waals surface area contributed by atoms with Crippen molar-refractivity contribution in [1.29, 1.82) is 0 Å². The Balaban J connectivity index is 1.44. The minimum atomic E-state index is 0.0483. The fraction of sp³-hybridized carbons (Fsp3) is 0.481. The Bertz CT molecular complexity index is 1130. The summed E-state index contributed by atoms with van der Waals surface area (Å²) in [5, 5.41) is 0. The van der Waals surface area contributed by atoms with E-state index in [4.69, 9.17) is 14.5 Å². The molecule has 1 unspecified atom stereocenters. The number of amides is 1. The van der Waals surface area contributed by atoms with Gasteiger partial charge in [-0.15, -0.1) is 0 Å². The van der Waals surface area contributed by atoms with E-state index in [1.807, 2.05) is 29.2 Å². The van der Waals surface area contributed by atoms with Gasteiger partial charge in [0.1, 0.15) is 17.3 Å². The number of aryl methyl sites for hydroxylation is 1. The van der Waals surface area contributed by atoms with Crippen molar-refractivity contribution in [3.63, 3.8) is 0 Å². The van der Waals surface area contributed by atoms with Crippen LogP contribution in [0.2, 0.25) is 0 Å². The Morgan fingerprint density at radius 1 is 1.03 bits per heavy atom. The van der Waals surface area contributed by atoms with Crippen molar-refractivity contribution in [3.05, 3.63) is 48.3 Å². The SMILES string of the molecule is COc1ccc(OC)c(N2CC(c3nc4ccccc4n3CCC3CCCCC3)CC2=O)c1. The number of hydrogen-bond acceptors (Lipinski definition) is 4. The molecule has 174 valence electrons. The maximum atomic E-state index is 13.2. The molecule has 1 amide bonds. The van der Waals surface area contributed by atoms with Gasteiger partial charge in [0.05, 0.1) is 30.9 Å². The average molecular weight is 448 g/mol. The van der Waals surface area contributed by atoms with Crippen molar-refractivity contribution < 1.29 is 14.3 Å². The summed E-state index contributed by atoms with van der Waals surface area (Å²) in [6, 6.07) is 13.9. The molecule has 1 aromatic heterocycles. The topological polar surface area (TPSA) is 56.6 Å². The normalized spacial score (nSPS) is 19.4. The molecular weight excluding hydrogens is 414 g/mol. The van der Waals surface area contributed by atoms with Gasteiger partial charge in [-0.2, -0.15) is 0 Å². The van der Waals surface area contributed by atoms with Crippen LogP contribution >= 0.6 is 0 Å². The first kappa shape index (κ1) is 21.8. The number of methoxy groups -OCH3 is 2. The Morgan fingerprint density at radius 2 is 1.85 bits per heavy atom. The Labute approximate surface area is 195 Å². The Kier molecular flexibility index (Phi) is 6.25. The standard InChI is InChI=1S/C27H33N3O3/c1-32-21-12-13-25(33-2)24(17-21)30-18-20(16-26(30)31)27-28-22-10-6-7-11-23(22)29(27)15-14-19-8-4-3-5-9-19/h6-7,10-13,17,19-20H,3-5,8-9,14-16,18H2,1-2H3. The number of ether oxygens (including phenoxy) is 2. The van der Waals surface area contributed by atoms with E-state index in [9.17, 15) is 4.79 Å². The third-order valence-electron chi connectivity index (χ3n) is 7.34. The summed E-state index contributed by atoms with van der Waals surface area (Å²) in [4.78, 5) is 20.0. The first-order chi connectivity index (χ1) is 16.2. The second-order valence-electron chi connectivity index (χ2n) is 9.35. The summed E-state index contributed by atoms with van der Waals surface area (Å²) in [6.45, 7) is 1.56. The lowest BCUT2D eigenvalue weighted by Gasteiger charge is -2.23. The minimum absolute atomic E-state index is 0.0483. The van der Waals surface area contributed by atoms with Crippen LogP contribution in [0.1, 0.15) is 56.7 Å². The van der Waals surface area contributed by atoms with E-state index in [1.165, 1.54) is 44.0 Å². The van der Waals surface area contributed by atoms with Crippen molar-refractivity contribution in [3.8, 4) is 11.5 Å². The average Bonchev–Trinajstić information content (AvgIpc) is 3.43. The van der Waals surface area contributed by atoms with Crippen LogP contribution < -0.4 is 14.4 Å². The predicted molar refractivity (Wildman–Crippen MR) is 130 cm³/mol. The van der Waals surface area contributed by atoms with Crippen molar-refractivity contribution >= 4 is 22.6 Å². The number of fused-ring (bicyclic) bond motifs is 1. The number of carbonyl (C=O) groups is 1. The van der Waals surface area contributed by atoms with E-state index in [2.05, 4.69) is 22.8 Å². The number of para-hydroxylation sites is 2. The maximum absolute atomic E-state index is 13.2. The molecule has 1 saturated carbocycles. The van der Waals surface area contributed by atoms with Gasteiger partial charge in [0.25, 0.3) is 0 Å². The van der Waals surface area contributed by atoms with Crippen LogP contribution in [0.15, 0.2) is 42.5 Å². The molecular formula is C27H33N3O3. The highest BCUT2D eigenvalue weighted by Crippen LogP contribution is 2.39. The first-order valence-electron chi connectivity index (χ1n) is 12.2. The lowest BCUT2D eigenvalue weighted by Crippen LogP contribution is -2.25. The van der Waals surface area contributed by atoms with Crippen molar-refractivity contribution in [2.75, 3.05) is 25.7 Å². The highest BCUT2D eigenvalue weighted by atomic mass is 16.5. The Hall–Kier alpha value is -3.02. The molecule has 0 radical (unpaired) electrons. The van der Waals surface area contributed by atoms with Gasteiger partial charge in [-0.25, -0.2) is 4.98 Å². The number of benzene rings is 2. The number of hydrogen-bond donors (Lipinski definition) is 0. The fourth-order valence-corrected chi connectivity index (χ4v) is 5.55. The van der Waals surface area contributed by atoms with E-state index in [-0.39, 0.29) is 11.8 Å². The van der Waals surface area contributed by atoms with E-state index in [1.54, 1.807) is 14.2 Å². The summed E-state index contributed by atoms with van der Waals surface area (Å²) >= 11 is 0. The smallest absolute Gasteiger partial charge is 0.227 e. The summed E-state index contributed by atoms with van der Waals surface area (Å²) in [5.74, 6) is 3.36. The number of anilines is 1. The molecule has 2 aliphatic rings. The van der Waals surface area contributed by atoms with Gasteiger partial charge in [0.2, 0.25) is 5.91 Å². The van der Waals surface area contributed by atoms with E-state index in [0.717, 1.165) is 29.5 Å². The van der Waals surface area contributed by atoms with E-state index < -0.39 is 0 Å². The minimum Gasteiger partial charge on any atom is -0.497 e. The van der Waals surface area contributed by atoms with Crippen molar-refractivity contribution in [2.24, 2.45) is 5.92 Å². The maximum Gasteiger partial charge on any atom is 0.227 e. The summed E-state index contributed by atoms with van der Waals surface area (Å²) in [5.41, 5.74) is 2.95. The van der Waals surface area contributed by atoms with E-state index in [0.29, 0.717) is 24.5 Å². The lowest BCUT2D eigenvalue weighted by atomic mass is 9.87. The fourth-order valence-electron chi connectivity index (χ4n) is 5.55. The highest BCUT2D eigenvalue weighted by molar-refractivity contribution is 5.98. The molecule has 1 saturated heterocycles.